The Kier molecular flexibility index (Phi) is 3.34. The predicted octanol–water partition coefficient (Wildman–Crippen LogP) is 3.80. The van der Waals surface area contributed by atoms with Gasteiger partial charge in [0.05, 0.1) is 15.4 Å². The molecule has 0 saturated heterocycles. The Morgan fingerprint density at radius 2 is 2.12 bits per heavy atom. The Morgan fingerprint density at radius 3 is 2.53 bits per heavy atom. The summed E-state index contributed by atoms with van der Waals surface area (Å²) in [6, 6.07) is 4.10. The van der Waals surface area contributed by atoms with Crippen molar-refractivity contribution in [1.29, 1.82) is 0 Å². The number of hydrogen-bond acceptors (Lipinski definition) is 4. The normalized spacial score (nSPS) is 11.7. The molecule has 0 aliphatic rings. The number of aromatic nitrogens is 1. The van der Waals surface area contributed by atoms with Crippen LogP contribution in [0, 0.1) is 0 Å². The first-order chi connectivity index (χ1) is 7.89. The van der Waals surface area contributed by atoms with Gasteiger partial charge < -0.3 is 5.73 Å². The van der Waals surface area contributed by atoms with E-state index >= 15 is 0 Å². The van der Waals surface area contributed by atoms with Crippen molar-refractivity contribution < 1.29 is 0 Å². The molecule has 2 heterocycles. The van der Waals surface area contributed by atoms with E-state index in [1.807, 2.05) is 11.4 Å². The molecule has 0 aliphatic carbocycles. The highest BCUT2D eigenvalue weighted by molar-refractivity contribution is 7.81. The summed E-state index contributed by atoms with van der Waals surface area (Å²) in [6.07, 6.45) is 0. The van der Waals surface area contributed by atoms with Crippen molar-refractivity contribution in [2.75, 3.05) is 0 Å². The fraction of sp³-hybridized carbons (Fsp3) is 0.333. The zero-order chi connectivity index (χ0) is 12.6. The summed E-state index contributed by atoms with van der Waals surface area (Å²) in [6.45, 7) is 6.38. The average Bonchev–Trinajstić information content (AvgIpc) is 2.85. The summed E-state index contributed by atoms with van der Waals surface area (Å²) < 4.78 is 0. The van der Waals surface area contributed by atoms with Gasteiger partial charge in [0, 0.05) is 5.41 Å². The lowest BCUT2D eigenvalue weighted by molar-refractivity contribution is 0.572. The second kappa shape index (κ2) is 4.48. The van der Waals surface area contributed by atoms with Gasteiger partial charge in [-0.05, 0) is 11.4 Å². The second-order valence-electron chi connectivity index (χ2n) is 4.79. The third-order valence-electron chi connectivity index (χ3n) is 2.29. The number of rotatable bonds is 2. The molecule has 5 heteroatoms. The lowest BCUT2D eigenvalue weighted by atomic mass is 9.91. The highest BCUT2D eigenvalue weighted by Crippen LogP contribution is 2.35. The Labute approximate surface area is 115 Å². The van der Waals surface area contributed by atoms with E-state index < -0.39 is 0 Å². The van der Waals surface area contributed by atoms with Crippen LogP contribution in [-0.4, -0.2) is 9.97 Å². The minimum atomic E-state index is -0.0369. The van der Waals surface area contributed by atoms with Gasteiger partial charge in [-0.3, -0.25) is 0 Å². The zero-order valence-electron chi connectivity index (χ0n) is 9.98. The van der Waals surface area contributed by atoms with Crippen molar-refractivity contribution in [3.8, 4) is 9.88 Å². The smallest absolute Gasteiger partial charge is 0.134 e. The van der Waals surface area contributed by atoms with E-state index in [4.69, 9.17) is 22.9 Å². The molecular weight excluding hydrogens is 268 g/mol. The Morgan fingerprint density at radius 1 is 1.41 bits per heavy atom. The third-order valence-corrected chi connectivity index (χ3v) is 4.75. The maximum Gasteiger partial charge on any atom is 0.134 e. The van der Waals surface area contributed by atoms with Crippen molar-refractivity contribution >= 4 is 39.9 Å². The molecule has 0 atom stereocenters. The topological polar surface area (TPSA) is 38.9 Å². The van der Waals surface area contributed by atoms with Gasteiger partial charge >= 0.3 is 0 Å². The summed E-state index contributed by atoms with van der Waals surface area (Å²) in [4.78, 5) is 7.26. The highest BCUT2D eigenvalue weighted by atomic mass is 32.1. The first-order valence-electron chi connectivity index (χ1n) is 5.24. The molecule has 0 spiro atoms. The van der Waals surface area contributed by atoms with Gasteiger partial charge in [-0.25, -0.2) is 4.98 Å². The van der Waals surface area contributed by atoms with E-state index in [2.05, 4.69) is 26.8 Å². The zero-order valence-corrected chi connectivity index (χ0v) is 12.4. The van der Waals surface area contributed by atoms with Crippen molar-refractivity contribution in [3.05, 3.63) is 28.1 Å². The summed E-state index contributed by atoms with van der Waals surface area (Å²) in [5.41, 5.74) is 6.74. The van der Waals surface area contributed by atoms with Crippen LogP contribution in [0.2, 0.25) is 0 Å². The predicted molar refractivity (Wildman–Crippen MR) is 80.0 cm³/mol. The SMILES string of the molecule is CC(C)(C)c1nc(-c2cccs2)sc1C(N)=S. The van der Waals surface area contributed by atoms with Crippen molar-refractivity contribution in [2.45, 2.75) is 26.2 Å². The van der Waals surface area contributed by atoms with Crippen LogP contribution < -0.4 is 5.73 Å². The molecule has 2 N–H and O–H groups in total. The van der Waals surface area contributed by atoms with Gasteiger partial charge in [-0.15, -0.1) is 22.7 Å². The highest BCUT2D eigenvalue weighted by Gasteiger charge is 2.25. The van der Waals surface area contributed by atoms with Crippen molar-refractivity contribution in [3.63, 3.8) is 0 Å². The molecule has 0 aromatic carbocycles. The molecule has 0 unspecified atom stereocenters. The van der Waals surface area contributed by atoms with Gasteiger partial charge in [-0.1, -0.05) is 39.1 Å². The molecule has 2 aromatic heterocycles. The summed E-state index contributed by atoms with van der Waals surface area (Å²) in [5.74, 6) is 0. The molecule has 17 heavy (non-hydrogen) atoms. The molecular formula is C12H14N2S3. The third kappa shape index (κ3) is 2.56. The van der Waals surface area contributed by atoms with E-state index in [1.165, 1.54) is 4.88 Å². The van der Waals surface area contributed by atoms with Crippen LogP contribution in [0.15, 0.2) is 17.5 Å². The molecule has 0 radical (unpaired) electrons. The lowest BCUT2D eigenvalue weighted by Gasteiger charge is -2.16. The Balaban J connectivity index is 2.56. The fourth-order valence-corrected chi connectivity index (χ4v) is 3.65. The minimum absolute atomic E-state index is 0.0369. The van der Waals surface area contributed by atoms with Gasteiger partial charge in [0.1, 0.15) is 10.00 Å². The quantitative estimate of drug-likeness (QED) is 0.851. The maximum atomic E-state index is 5.78. The lowest BCUT2D eigenvalue weighted by Crippen LogP contribution is -2.19. The maximum absolute atomic E-state index is 5.78. The van der Waals surface area contributed by atoms with Crippen LogP contribution in [0.25, 0.3) is 9.88 Å². The first kappa shape index (κ1) is 12.7. The number of thiocarbonyl (C=S) groups is 1. The fourth-order valence-electron chi connectivity index (χ4n) is 1.50. The van der Waals surface area contributed by atoms with Crippen LogP contribution in [0.1, 0.15) is 31.3 Å². The standard InChI is InChI=1S/C12H14N2S3/c1-12(2,3)9-8(10(13)15)17-11(14-9)7-5-4-6-16-7/h4-6H,1-3H3,(H2,13,15). The molecule has 0 aliphatic heterocycles. The number of thiazole rings is 1. The molecule has 2 nitrogen and oxygen atoms in total. The number of nitrogens with two attached hydrogens (primary N) is 1. The van der Waals surface area contributed by atoms with E-state index in [0.717, 1.165) is 15.6 Å². The number of nitrogens with zero attached hydrogens (tertiary/aromatic N) is 1. The Bertz CT molecular complexity index is 533. The molecule has 0 amide bonds. The monoisotopic (exact) mass is 282 g/mol. The molecule has 2 rings (SSSR count). The molecule has 2 aromatic rings. The van der Waals surface area contributed by atoms with E-state index in [0.29, 0.717) is 4.99 Å². The van der Waals surface area contributed by atoms with Crippen LogP contribution >= 0.6 is 34.9 Å². The van der Waals surface area contributed by atoms with Crippen LogP contribution in [-0.2, 0) is 5.41 Å². The number of thiophene rings is 1. The minimum Gasteiger partial charge on any atom is -0.389 e. The summed E-state index contributed by atoms with van der Waals surface area (Å²) in [5, 5.41) is 3.06. The summed E-state index contributed by atoms with van der Waals surface area (Å²) in [7, 11) is 0. The Hall–Kier alpha value is -0.780. The molecule has 0 bridgehead atoms. The summed E-state index contributed by atoms with van der Waals surface area (Å²) >= 11 is 8.38. The van der Waals surface area contributed by atoms with Crippen molar-refractivity contribution in [2.24, 2.45) is 5.73 Å². The number of hydrogen-bond donors (Lipinski definition) is 1. The van der Waals surface area contributed by atoms with E-state index in [9.17, 15) is 0 Å². The van der Waals surface area contributed by atoms with E-state index in [-0.39, 0.29) is 5.41 Å². The van der Waals surface area contributed by atoms with Crippen LogP contribution in [0.4, 0.5) is 0 Å². The van der Waals surface area contributed by atoms with Crippen LogP contribution in [0.3, 0.4) is 0 Å². The van der Waals surface area contributed by atoms with E-state index in [1.54, 1.807) is 22.7 Å². The molecule has 90 valence electrons. The van der Waals surface area contributed by atoms with Gasteiger partial charge in [0.15, 0.2) is 0 Å². The average molecular weight is 282 g/mol. The molecule has 0 saturated carbocycles. The largest absolute Gasteiger partial charge is 0.389 e. The van der Waals surface area contributed by atoms with Gasteiger partial charge in [0.2, 0.25) is 0 Å². The van der Waals surface area contributed by atoms with Crippen molar-refractivity contribution in [1.82, 2.24) is 4.98 Å². The molecule has 0 fully saturated rings. The van der Waals surface area contributed by atoms with Gasteiger partial charge in [-0.2, -0.15) is 0 Å². The first-order valence-corrected chi connectivity index (χ1v) is 7.35. The van der Waals surface area contributed by atoms with Crippen LogP contribution in [0.5, 0.6) is 0 Å². The van der Waals surface area contributed by atoms with Gasteiger partial charge in [0.25, 0.3) is 0 Å². The second-order valence-corrected chi connectivity index (χ2v) is 7.17.